The zero-order valence-electron chi connectivity index (χ0n) is 13.9. The van der Waals surface area contributed by atoms with Crippen LogP contribution < -0.4 is 10.2 Å². The van der Waals surface area contributed by atoms with E-state index in [-0.39, 0.29) is 18.4 Å². The topological polar surface area (TPSA) is 49.4 Å². The summed E-state index contributed by atoms with van der Waals surface area (Å²) >= 11 is 3.44. The van der Waals surface area contributed by atoms with Crippen molar-refractivity contribution in [3.05, 3.63) is 64.1 Å². The number of halogens is 1. The van der Waals surface area contributed by atoms with Gasteiger partial charge in [0, 0.05) is 23.6 Å². The zero-order valence-corrected chi connectivity index (χ0v) is 15.5. The maximum Gasteiger partial charge on any atom is 0.240 e. The normalized spacial score (nSPS) is 10.3. The molecule has 0 aromatic heterocycles. The molecule has 2 amide bonds. The third kappa shape index (κ3) is 5.20. The van der Waals surface area contributed by atoms with E-state index in [0.717, 1.165) is 22.1 Å². The molecule has 0 heterocycles. The largest absolute Gasteiger partial charge is 0.354 e. The molecule has 4 nitrogen and oxygen atoms in total. The summed E-state index contributed by atoms with van der Waals surface area (Å²) in [5, 5.41) is 2.87. The van der Waals surface area contributed by atoms with E-state index in [9.17, 15) is 9.59 Å². The van der Waals surface area contributed by atoms with E-state index < -0.39 is 0 Å². The molecule has 0 unspecified atom stereocenters. The van der Waals surface area contributed by atoms with Gasteiger partial charge in [-0.15, -0.1) is 0 Å². The number of benzene rings is 2. The van der Waals surface area contributed by atoms with Crippen LogP contribution in [0.15, 0.2) is 53.0 Å². The van der Waals surface area contributed by atoms with Crippen LogP contribution in [0, 0.1) is 6.92 Å². The fraction of sp³-hybridized carbons (Fsp3) is 0.263. The van der Waals surface area contributed by atoms with E-state index in [1.54, 1.807) is 0 Å². The highest BCUT2D eigenvalue weighted by Crippen LogP contribution is 2.23. The molecule has 5 heteroatoms. The van der Waals surface area contributed by atoms with Gasteiger partial charge in [-0.3, -0.25) is 9.59 Å². The first-order valence-corrected chi connectivity index (χ1v) is 8.61. The summed E-state index contributed by atoms with van der Waals surface area (Å²) in [5.41, 5.74) is 2.91. The Balaban J connectivity index is 1.93. The Morgan fingerprint density at radius 2 is 1.83 bits per heavy atom. The van der Waals surface area contributed by atoms with Crippen molar-refractivity contribution in [2.75, 3.05) is 18.0 Å². The third-order valence-corrected chi connectivity index (χ3v) is 4.60. The molecule has 0 saturated carbocycles. The van der Waals surface area contributed by atoms with Gasteiger partial charge in [-0.25, -0.2) is 0 Å². The number of rotatable bonds is 6. The van der Waals surface area contributed by atoms with Crippen LogP contribution in [0.25, 0.3) is 0 Å². The standard InChI is InChI=1S/C19H21BrN2O2/c1-14-12-17(8-9-18(14)20)22(15(2)23)13-19(24)21-11-10-16-6-4-3-5-7-16/h3-9,12H,10-11,13H2,1-2H3,(H,21,24). The van der Waals surface area contributed by atoms with Crippen LogP contribution in [0.1, 0.15) is 18.1 Å². The predicted molar refractivity (Wildman–Crippen MR) is 100 cm³/mol. The van der Waals surface area contributed by atoms with E-state index >= 15 is 0 Å². The van der Waals surface area contributed by atoms with E-state index in [1.165, 1.54) is 17.4 Å². The minimum absolute atomic E-state index is 0.0190. The molecule has 24 heavy (non-hydrogen) atoms. The number of nitrogens with one attached hydrogen (secondary N) is 1. The lowest BCUT2D eigenvalue weighted by Gasteiger charge is -2.21. The molecule has 0 bridgehead atoms. The minimum atomic E-state index is -0.165. The zero-order chi connectivity index (χ0) is 17.5. The van der Waals surface area contributed by atoms with Gasteiger partial charge in [0.15, 0.2) is 0 Å². The van der Waals surface area contributed by atoms with Crippen LogP contribution in [-0.2, 0) is 16.0 Å². The molecular formula is C19H21BrN2O2. The van der Waals surface area contributed by atoms with E-state index in [2.05, 4.69) is 21.2 Å². The average molecular weight is 389 g/mol. The van der Waals surface area contributed by atoms with Crippen molar-refractivity contribution in [2.45, 2.75) is 20.3 Å². The van der Waals surface area contributed by atoms with Gasteiger partial charge in [0.2, 0.25) is 11.8 Å². The quantitative estimate of drug-likeness (QED) is 0.823. The second-order valence-corrected chi connectivity index (χ2v) is 6.48. The highest BCUT2D eigenvalue weighted by Gasteiger charge is 2.16. The van der Waals surface area contributed by atoms with Crippen LogP contribution in [-0.4, -0.2) is 24.9 Å². The number of carbonyl (C=O) groups is 2. The second kappa shape index (κ2) is 8.64. The summed E-state index contributed by atoms with van der Waals surface area (Å²) in [6.45, 7) is 3.99. The Labute approximate surface area is 151 Å². The summed E-state index contributed by atoms with van der Waals surface area (Å²) < 4.78 is 0.974. The molecule has 0 saturated heterocycles. The number of aryl methyl sites for hydroxylation is 1. The Morgan fingerprint density at radius 1 is 1.12 bits per heavy atom. The fourth-order valence-electron chi connectivity index (χ4n) is 2.37. The van der Waals surface area contributed by atoms with Crippen molar-refractivity contribution in [3.63, 3.8) is 0 Å². The maximum atomic E-state index is 12.2. The molecule has 0 aliphatic rings. The second-order valence-electron chi connectivity index (χ2n) is 5.62. The van der Waals surface area contributed by atoms with Crippen LogP contribution in [0.3, 0.4) is 0 Å². The average Bonchev–Trinajstić information content (AvgIpc) is 2.56. The molecule has 0 aliphatic carbocycles. The van der Waals surface area contributed by atoms with Gasteiger partial charge >= 0.3 is 0 Å². The lowest BCUT2D eigenvalue weighted by atomic mass is 10.1. The third-order valence-electron chi connectivity index (χ3n) is 3.71. The lowest BCUT2D eigenvalue weighted by molar-refractivity contribution is -0.123. The maximum absolute atomic E-state index is 12.2. The molecule has 0 spiro atoms. The molecule has 0 radical (unpaired) electrons. The van der Waals surface area contributed by atoms with Crippen LogP contribution in [0.5, 0.6) is 0 Å². The van der Waals surface area contributed by atoms with Crippen molar-refractivity contribution in [3.8, 4) is 0 Å². The number of anilines is 1. The molecule has 1 N–H and O–H groups in total. The molecule has 0 aliphatic heterocycles. The van der Waals surface area contributed by atoms with E-state index in [1.807, 2.05) is 55.5 Å². The first-order valence-electron chi connectivity index (χ1n) is 7.82. The van der Waals surface area contributed by atoms with Gasteiger partial charge in [0.25, 0.3) is 0 Å². The number of amides is 2. The van der Waals surface area contributed by atoms with Gasteiger partial charge in [-0.05, 0) is 42.7 Å². The van der Waals surface area contributed by atoms with E-state index in [0.29, 0.717) is 6.54 Å². The molecule has 2 aromatic carbocycles. The fourth-order valence-corrected chi connectivity index (χ4v) is 2.62. The first-order chi connectivity index (χ1) is 11.5. The number of hydrogen-bond acceptors (Lipinski definition) is 2. The van der Waals surface area contributed by atoms with Crippen molar-refractivity contribution < 1.29 is 9.59 Å². The highest BCUT2D eigenvalue weighted by molar-refractivity contribution is 9.10. The predicted octanol–water partition coefficient (Wildman–Crippen LogP) is 3.47. The number of hydrogen-bond donors (Lipinski definition) is 1. The molecule has 0 atom stereocenters. The number of nitrogens with zero attached hydrogens (tertiary/aromatic N) is 1. The Kier molecular flexibility index (Phi) is 6.55. The minimum Gasteiger partial charge on any atom is -0.354 e. The van der Waals surface area contributed by atoms with Gasteiger partial charge in [-0.1, -0.05) is 46.3 Å². The van der Waals surface area contributed by atoms with Crippen LogP contribution in [0.4, 0.5) is 5.69 Å². The van der Waals surface area contributed by atoms with Gasteiger partial charge in [0.1, 0.15) is 6.54 Å². The Bertz CT molecular complexity index is 717. The number of carbonyl (C=O) groups excluding carboxylic acids is 2. The summed E-state index contributed by atoms with van der Waals surface area (Å²) in [7, 11) is 0. The van der Waals surface area contributed by atoms with Crippen molar-refractivity contribution in [2.24, 2.45) is 0 Å². The SMILES string of the molecule is CC(=O)N(CC(=O)NCCc1ccccc1)c1ccc(Br)c(C)c1. The van der Waals surface area contributed by atoms with Gasteiger partial charge < -0.3 is 10.2 Å². The lowest BCUT2D eigenvalue weighted by Crippen LogP contribution is -2.40. The van der Waals surface area contributed by atoms with Gasteiger partial charge in [-0.2, -0.15) is 0 Å². The van der Waals surface area contributed by atoms with E-state index in [4.69, 9.17) is 0 Å². The molecule has 126 valence electrons. The Morgan fingerprint density at radius 3 is 2.46 bits per heavy atom. The summed E-state index contributed by atoms with van der Waals surface area (Å²) in [5.74, 6) is -0.323. The molecule has 2 aromatic rings. The molecule has 2 rings (SSSR count). The van der Waals surface area contributed by atoms with Gasteiger partial charge in [0.05, 0.1) is 0 Å². The first kappa shape index (κ1) is 18.2. The highest BCUT2D eigenvalue weighted by atomic mass is 79.9. The van der Waals surface area contributed by atoms with Crippen LogP contribution in [0.2, 0.25) is 0 Å². The monoisotopic (exact) mass is 388 g/mol. The summed E-state index contributed by atoms with van der Waals surface area (Å²) in [6, 6.07) is 15.6. The summed E-state index contributed by atoms with van der Waals surface area (Å²) in [6.07, 6.45) is 0.768. The smallest absolute Gasteiger partial charge is 0.240 e. The van der Waals surface area contributed by atoms with Crippen molar-refractivity contribution in [1.29, 1.82) is 0 Å². The Hall–Kier alpha value is -2.14. The van der Waals surface area contributed by atoms with Crippen molar-refractivity contribution in [1.82, 2.24) is 5.32 Å². The van der Waals surface area contributed by atoms with Crippen molar-refractivity contribution >= 4 is 33.4 Å². The summed E-state index contributed by atoms with van der Waals surface area (Å²) in [4.78, 5) is 25.5. The molecule has 0 fully saturated rings. The molecular weight excluding hydrogens is 368 g/mol. The van der Waals surface area contributed by atoms with Crippen LogP contribution >= 0.6 is 15.9 Å².